The van der Waals surface area contributed by atoms with E-state index >= 15 is 0 Å². The molecule has 6 heteroatoms. The predicted molar refractivity (Wildman–Crippen MR) is 104 cm³/mol. The molecule has 0 aliphatic carbocycles. The number of nitrogens with one attached hydrogen (secondary N) is 1. The van der Waals surface area contributed by atoms with Crippen molar-refractivity contribution in [1.29, 1.82) is 0 Å². The summed E-state index contributed by atoms with van der Waals surface area (Å²) in [5.41, 5.74) is 2.18. The van der Waals surface area contributed by atoms with Gasteiger partial charge in [-0.1, -0.05) is 30.3 Å². The molecular formula is C20H27N3O3. The molecule has 6 nitrogen and oxygen atoms in total. The van der Waals surface area contributed by atoms with E-state index in [2.05, 4.69) is 17.4 Å². The minimum Gasteiger partial charge on any atom is -0.493 e. The van der Waals surface area contributed by atoms with Gasteiger partial charge in [-0.05, 0) is 23.3 Å². The molecular weight excluding hydrogens is 330 g/mol. The van der Waals surface area contributed by atoms with Crippen molar-refractivity contribution in [3.63, 3.8) is 0 Å². The molecule has 0 radical (unpaired) electrons. The summed E-state index contributed by atoms with van der Waals surface area (Å²) in [6, 6.07) is 14.1. The van der Waals surface area contributed by atoms with Crippen molar-refractivity contribution in [3.05, 3.63) is 53.6 Å². The number of rotatable bonds is 7. The zero-order chi connectivity index (χ0) is 18.9. The van der Waals surface area contributed by atoms with Crippen LogP contribution >= 0.6 is 0 Å². The van der Waals surface area contributed by atoms with Crippen molar-refractivity contribution in [1.82, 2.24) is 10.2 Å². The normalized spacial score (nSPS) is 11.0. The average molecular weight is 357 g/mol. The summed E-state index contributed by atoms with van der Waals surface area (Å²) in [6.07, 6.45) is 0. The van der Waals surface area contributed by atoms with E-state index in [-0.39, 0.29) is 0 Å². The highest BCUT2D eigenvalue weighted by molar-refractivity contribution is 5.79. The molecule has 0 atom stereocenters. The van der Waals surface area contributed by atoms with Crippen LogP contribution in [0.4, 0.5) is 0 Å². The topological polar surface area (TPSA) is 55.3 Å². The first kappa shape index (κ1) is 19.4. The molecule has 0 unspecified atom stereocenters. The highest BCUT2D eigenvalue weighted by Gasteiger charge is 2.13. The molecule has 0 heterocycles. The van der Waals surface area contributed by atoms with Crippen LogP contribution in [-0.2, 0) is 13.1 Å². The van der Waals surface area contributed by atoms with E-state index in [1.807, 2.05) is 49.3 Å². The zero-order valence-corrected chi connectivity index (χ0v) is 16.1. The largest absolute Gasteiger partial charge is 0.493 e. The standard InChI is InChI=1S/C20H27N3O3/c1-23(2)20(21-13-15-9-7-6-8-10-15)22-14-16-11-17(24-3)19(26-5)18(12-16)25-4/h6-12H,13-14H2,1-5H3,(H,21,22). The van der Waals surface area contributed by atoms with E-state index in [0.29, 0.717) is 30.3 Å². The summed E-state index contributed by atoms with van der Waals surface area (Å²) in [4.78, 5) is 6.65. The van der Waals surface area contributed by atoms with E-state index in [1.54, 1.807) is 21.3 Å². The smallest absolute Gasteiger partial charge is 0.203 e. The Bertz CT molecular complexity index is 705. The Morgan fingerprint density at radius 2 is 1.54 bits per heavy atom. The van der Waals surface area contributed by atoms with Crippen LogP contribution in [0.5, 0.6) is 17.2 Å². The third-order valence-electron chi connectivity index (χ3n) is 3.85. The molecule has 0 aliphatic rings. The van der Waals surface area contributed by atoms with Crippen LogP contribution < -0.4 is 19.5 Å². The summed E-state index contributed by atoms with van der Waals surface area (Å²) in [7, 11) is 8.74. The monoisotopic (exact) mass is 357 g/mol. The molecule has 26 heavy (non-hydrogen) atoms. The van der Waals surface area contributed by atoms with E-state index < -0.39 is 0 Å². The number of methoxy groups -OCH3 is 3. The zero-order valence-electron chi connectivity index (χ0n) is 16.1. The van der Waals surface area contributed by atoms with E-state index in [1.165, 1.54) is 5.56 Å². The first-order chi connectivity index (χ1) is 12.6. The summed E-state index contributed by atoms with van der Waals surface area (Å²) < 4.78 is 16.2. The number of benzene rings is 2. The fourth-order valence-electron chi connectivity index (χ4n) is 2.53. The molecule has 1 N–H and O–H groups in total. The minimum atomic E-state index is 0.492. The molecule has 0 aliphatic heterocycles. The quantitative estimate of drug-likeness (QED) is 0.610. The maximum Gasteiger partial charge on any atom is 0.203 e. The van der Waals surface area contributed by atoms with Crippen molar-refractivity contribution in [2.24, 2.45) is 4.99 Å². The first-order valence-electron chi connectivity index (χ1n) is 8.37. The number of aliphatic imine (C=N–C) groups is 1. The maximum absolute atomic E-state index is 5.40. The lowest BCUT2D eigenvalue weighted by Gasteiger charge is -2.18. The Labute approximate surface area is 155 Å². The van der Waals surface area contributed by atoms with Gasteiger partial charge in [0.1, 0.15) is 0 Å². The highest BCUT2D eigenvalue weighted by Crippen LogP contribution is 2.38. The number of guanidine groups is 1. The minimum absolute atomic E-state index is 0.492. The lowest BCUT2D eigenvalue weighted by atomic mass is 10.2. The highest BCUT2D eigenvalue weighted by atomic mass is 16.5. The Morgan fingerprint density at radius 1 is 0.923 bits per heavy atom. The summed E-state index contributed by atoms with van der Waals surface area (Å²) in [5.74, 6) is 2.64. The fraction of sp³-hybridized carbons (Fsp3) is 0.350. The Kier molecular flexibility index (Phi) is 7.14. The molecule has 2 rings (SSSR count). The molecule has 0 fully saturated rings. The van der Waals surface area contributed by atoms with Gasteiger partial charge in [-0.15, -0.1) is 0 Å². The summed E-state index contributed by atoms with van der Waals surface area (Å²) in [5, 5.41) is 3.37. The number of ether oxygens (including phenoxy) is 3. The SMILES string of the molecule is COc1cc(CN=C(NCc2ccccc2)N(C)C)cc(OC)c1OC. The Morgan fingerprint density at radius 3 is 2.04 bits per heavy atom. The second kappa shape index (κ2) is 9.56. The van der Waals surface area contributed by atoms with Crippen LogP contribution in [0.2, 0.25) is 0 Å². The van der Waals surface area contributed by atoms with Gasteiger partial charge in [0.15, 0.2) is 17.5 Å². The third kappa shape index (κ3) is 5.05. The van der Waals surface area contributed by atoms with Crippen LogP contribution in [0.25, 0.3) is 0 Å². The van der Waals surface area contributed by atoms with Gasteiger partial charge >= 0.3 is 0 Å². The molecule has 2 aromatic carbocycles. The molecule has 140 valence electrons. The van der Waals surface area contributed by atoms with E-state index in [9.17, 15) is 0 Å². The van der Waals surface area contributed by atoms with Gasteiger partial charge in [0.25, 0.3) is 0 Å². The fourth-order valence-corrected chi connectivity index (χ4v) is 2.53. The molecule has 0 saturated heterocycles. The molecule has 0 amide bonds. The van der Waals surface area contributed by atoms with Gasteiger partial charge in [-0.3, -0.25) is 0 Å². The van der Waals surface area contributed by atoms with Gasteiger partial charge in [-0.2, -0.15) is 0 Å². The van der Waals surface area contributed by atoms with Gasteiger partial charge in [0.05, 0.1) is 27.9 Å². The van der Waals surface area contributed by atoms with Crippen molar-refractivity contribution < 1.29 is 14.2 Å². The van der Waals surface area contributed by atoms with Crippen LogP contribution in [0.15, 0.2) is 47.5 Å². The molecule has 0 spiro atoms. The van der Waals surface area contributed by atoms with Crippen LogP contribution in [0, 0.1) is 0 Å². The summed E-state index contributed by atoms with van der Waals surface area (Å²) in [6.45, 7) is 1.21. The molecule has 0 saturated carbocycles. The molecule has 0 bridgehead atoms. The van der Waals surface area contributed by atoms with Gasteiger partial charge in [0, 0.05) is 20.6 Å². The van der Waals surface area contributed by atoms with E-state index in [0.717, 1.165) is 11.5 Å². The van der Waals surface area contributed by atoms with Crippen LogP contribution in [-0.4, -0.2) is 46.3 Å². The lowest BCUT2D eigenvalue weighted by Crippen LogP contribution is -2.36. The second-order valence-corrected chi connectivity index (χ2v) is 5.91. The lowest BCUT2D eigenvalue weighted by molar-refractivity contribution is 0.324. The third-order valence-corrected chi connectivity index (χ3v) is 3.85. The maximum atomic E-state index is 5.40. The Hall–Kier alpha value is -2.89. The van der Waals surface area contributed by atoms with Crippen molar-refractivity contribution in [2.45, 2.75) is 13.1 Å². The number of hydrogen-bond acceptors (Lipinski definition) is 4. The van der Waals surface area contributed by atoms with Crippen LogP contribution in [0.1, 0.15) is 11.1 Å². The van der Waals surface area contributed by atoms with E-state index in [4.69, 9.17) is 19.2 Å². The second-order valence-electron chi connectivity index (χ2n) is 5.91. The van der Waals surface area contributed by atoms with Gasteiger partial charge < -0.3 is 24.4 Å². The van der Waals surface area contributed by atoms with Crippen molar-refractivity contribution in [2.75, 3.05) is 35.4 Å². The van der Waals surface area contributed by atoms with Gasteiger partial charge in [-0.25, -0.2) is 4.99 Å². The molecule has 2 aromatic rings. The Balaban J connectivity index is 2.16. The number of nitrogens with zero attached hydrogens (tertiary/aromatic N) is 2. The average Bonchev–Trinajstić information content (AvgIpc) is 2.67. The van der Waals surface area contributed by atoms with Crippen molar-refractivity contribution >= 4 is 5.96 Å². The van der Waals surface area contributed by atoms with Crippen molar-refractivity contribution in [3.8, 4) is 17.2 Å². The summed E-state index contributed by atoms with van der Waals surface area (Å²) >= 11 is 0. The predicted octanol–water partition coefficient (Wildman–Crippen LogP) is 2.92. The first-order valence-corrected chi connectivity index (χ1v) is 8.37. The number of hydrogen-bond donors (Lipinski definition) is 1. The van der Waals surface area contributed by atoms with Gasteiger partial charge in [0.2, 0.25) is 5.75 Å². The van der Waals surface area contributed by atoms with Crippen LogP contribution in [0.3, 0.4) is 0 Å². The molecule has 0 aromatic heterocycles.